The number of aliphatic hydroxyl groups excluding tert-OH is 1. The van der Waals surface area contributed by atoms with Gasteiger partial charge in [0.15, 0.2) is 12.2 Å². The zero-order chi connectivity index (χ0) is 73.4. The van der Waals surface area contributed by atoms with Gasteiger partial charge in [-0.05, 0) is 31.6 Å². The molecular weight excluding hydrogens is 1310 g/mol. The van der Waals surface area contributed by atoms with Gasteiger partial charge in [0, 0.05) is 25.7 Å². The van der Waals surface area contributed by atoms with E-state index in [4.69, 9.17) is 37.0 Å². The van der Waals surface area contributed by atoms with Gasteiger partial charge in [0.1, 0.15) is 19.3 Å². The lowest BCUT2D eigenvalue weighted by molar-refractivity contribution is -0.161. The van der Waals surface area contributed by atoms with Gasteiger partial charge in [0.2, 0.25) is 0 Å². The molecule has 0 amide bonds. The van der Waals surface area contributed by atoms with Crippen LogP contribution in [-0.2, 0) is 65.4 Å². The van der Waals surface area contributed by atoms with Crippen LogP contribution in [0.15, 0.2) is 0 Å². The van der Waals surface area contributed by atoms with Crippen molar-refractivity contribution in [2.24, 2.45) is 5.92 Å². The summed E-state index contributed by atoms with van der Waals surface area (Å²) in [4.78, 5) is 72.9. The number of unbranched alkanes of at least 4 members (excludes halogenated alkanes) is 53. The lowest BCUT2D eigenvalue weighted by Crippen LogP contribution is -2.30. The first kappa shape index (κ1) is 98.1. The van der Waals surface area contributed by atoms with Crippen molar-refractivity contribution < 1.29 is 80.2 Å². The quantitative estimate of drug-likeness (QED) is 0.0222. The van der Waals surface area contributed by atoms with Crippen LogP contribution in [0.2, 0.25) is 0 Å². The molecule has 0 aliphatic rings. The number of ether oxygens (including phenoxy) is 4. The molecule has 0 aromatic rings. The fourth-order valence-electron chi connectivity index (χ4n) is 12.6. The van der Waals surface area contributed by atoms with E-state index in [0.29, 0.717) is 31.6 Å². The van der Waals surface area contributed by atoms with Gasteiger partial charge in [-0.15, -0.1) is 0 Å². The molecule has 0 saturated carbocycles. The second kappa shape index (κ2) is 73.9. The SMILES string of the molecule is CCCCCCCCCCCCCCCCCCCCCCC(=O)O[C@H](COC(=O)CCCCCCCCCCCCCCCCCCCCC)COP(=O)(O)OC[C@@H](O)COP(=O)(O)OC[C@@H](COC(=O)CCCCCCCCC(C)C)OC(=O)CCCCCCCCCCCCCC. The Bertz CT molecular complexity index is 1910. The molecule has 0 aliphatic carbocycles. The van der Waals surface area contributed by atoms with Crippen LogP contribution in [0, 0.1) is 5.92 Å². The number of esters is 4. The molecule has 0 spiro atoms. The van der Waals surface area contributed by atoms with Crippen LogP contribution in [0.1, 0.15) is 433 Å². The molecule has 17 nitrogen and oxygen atoms in total. The molecule has 0 radical (unpaired) electrons. The Morgan fingerprint density at radius 3 is 0.680 bits per heavy atom. The number of hydrogen-bond acceptors (Lipinski definition) is 15. The molecule has 0 rings (SSSR count). The van der Waals surface area contributed by atoms with Crippen LogP contribution >= 0.6 is 15.6 Å². The van der Waals surface area contributed by atoms with Crippen molar-refractivity contribution in [2.45, 2.75) is 451 Å². The zero-order valence-electron chi connectivity index (χ0n) is 65.3. The van der Waals surface area contributed by atoms with Crippen LogP contribution < -0.4 is 0 Å². The Morgan fingerprint density at radius 2 is 0.460 bits per heavy atom. The van der Waals surface area contributed by atoms with Gasteiger partial charge in [0.25, 0.3) is 0 Å². The Labute approximate surface area is 613 Å². The van der Waals surface area contributed by atoms with Gasteiger partial charge < -0.3 is 33.8 Å². The normalized spacial score (nSPS) is 13.8. The minimum Gasteiger partial charge on any atom is -0.462 e. The number of carbonyl (C=O) groups is 4. The third-order valence-corrected chi connectivity index (χ3v) is 20.9. The van der Waals surface area contributed by atoms with Crippen LogP contribution in [0.4, 0.5) is 0 Å². The summed E-state index contributed by atoms with van der Waals surface area (Å²) in [5, 5.41) is 10.6. The molecule has 0 heterocycles. The van der Waals surface area contributed by atoms with Gasteiger partial charge in [-0.3, -0.25) is 37.3 Å². The van der Waals surface area contributed by atoms with Crippen LogP contribution in [0.5, 0.6) is 0 Å². The van der Waals surface area contributed by atoms with Crippen molar-refractivity contribution >= 4 is 39.5 Å². The molecule has 5 atom stereocenters. The molecule has 0 aliphatic heterocycles. The van der Waals surface area contributed by atoms with Crippen molar-refractivity contribution in [3.8, 4) is 0 Å². The van der Waals surface area contributed by atoms with Crippen molar-refractivity contribution in [3.05, 3.63) is 0 Å². The van der Waals surface area contributed by atoms with Crippen molar-refractivity contribution in [3.63, 3.8) is 0 Å². The van der Waals surface area contributed by atoms with E-state index in [1.807, 2.05) is 0 Å². The molecule has 0 saturated heterocycles. The number of carbonyl (C=O) groups excluding carboxylic acids is 4. The molecule has 0 bridgehead atoms. The third kappa shape index (κ3) is 74.3. The lowest BCUT2D eigenvalue weighted by atomic mass is 10.0. The van der Waals surface area contributed by atoms with Crippen molar-refractivity contribution in [2.75, 3.05) is 39.6 Å². The molecule has 0 fully saturated rings. The zero-order valence-corrected chi connectivity index (χ0v) is 67.1. The van der Waals surface area contributed by atoms with E-state index in [-0.39, 0.29) is 25.7 Å². The molecule has 0 aromatic carbocycles. The summed E-state index contributed by atoms with van der Waals surface area (Å²) in [6.07, 6.45) is 65.5. The molecule has 19 heteroatoms. The Morgan fingerprint density at radius 1 is 0.270 bits per heavy atom. The van der Waals surface area contributed by atoms with Crippen molar-refractivity contribution in [1.29, 1.82) is 0 Å². The molecule has 3 N–H and O–H groups in total. The fourth-order valence-corrected chi connectivity index (χ4v) is 14.2. The van der Waals surface area contributed by atoms with E-state index in [1.54, 1.807) is 0 Å². The van der Waals surface area contributed by atoms with Gasteiger partial charge in [-0.2, -0.15) is 0 Å². The monoisotopic (exact) mass is 1470 g/mol. The lowest BCUT2D eigenvalue weighted by Gasteiger charge is -2.21. The average Bonchev–Trinajstić information content (AvgIpc) is 0.939. The summed E-state index contributed by atoms with van der Waals surface area (Å²) < 4.78 is 68.6. The highest BCUT2D eigenvalue weighted by molar-refractivity contribution is 7.47. The fraction of sp³-hybridized carbons (Fsp3) is 0.951. The Kier molecular flexibility index (Phi) is 72.5. The second-order valence-corrected chi connectivity index (χ2v) is 32.5. The van der Waals surface area contributed by atoms with Crippen LogP contribution in [0.3, 0.4) is 0 Å². The number of phosphoric acid groups is 2. The van der Waals surface area contributed by atoms with Crippen molar-refractivity contribution in [1.82, 2.24) is 0 Å². The first-order chi connectivity index (χ1) is 48.5. The molecular formula is C81H158O17P2. The van der Waals surface area contributed by atoms with E-state index in [0.717, 1.165) is 96.3 Å². The minimum atomic E-state index is -4.96. The van der Waals surface area contributed by atoms with Gasteiger partial charge in [-0.25, -0.2) is 9.13 Å². The van der Waals surface area contributed by atoms with Crippen LogP contribution in [0.25, 0.3) is 0 Å². The Balaban J connectivity index is 5.20. The van der Waals surface area contributed by atoms with Gasteiger partial charge >= 0.3 is 39.5 Å². The predicted molar refractivity (Wildman–Crippen MR) is 409 cm³/mol. The largest absolute Gasteiger partial charge is 0.472 e. The van der Waals surface area contributed by atoms with Crippen LogP contribution in [-0.4, -0.2) is 96.7 Å². The summed E-state index contributed by atoms with van der Waals surface area (Å²) in [6, 6.07) is 0. The van der Waals surface area contributed by atoms with E-state index in [9.17, 15) is 43.2 Å². The minimum absolute atomic E-state index is 0.107. The highest BCUT2D eigenvalue weighted by Crippen LogP contribution is 2.45. The Hall–Kier alpha value is -1.94. The average molecular weight is 1470 g/mol. The maximum absolute atomic E-state index is 13.1. The number of phosphoric ester groups is 2. The van der Waals surface area contributed by atoms with Gasteiger partial charge in [0.05, 0.1) is 26.4 Å². The summed E-state index contributed by atoms with van der Waals surface area (Å²) in [6.45, 7) is 7.24. The summed E-state index contributed by atoms with van der Waals surface area (Å²) in [7, 11) is -9.92. The summed E-state index contributed by atoms with van der Waals surface area (Å²) in [5.41, 5.74) is 0. The topological polar surface area (TPSA) is 237 Å². The maximum atomic E-state index is 13.1. The number of aliphatic hydroxyl groups is 1. The highest BCUT2D eigenvalue weighted by Gasteiger charge is 2.30. The summed E-state index contributed by atoms with van der Waals surface area (Å²) >= 11 is 0. The van der Waals surface area contributed by atoms with E-state index in [2.05, 4.69) is 34.6 Å². The first-order valence-electron chi connectivity index (χ1n) is 42.1. The molecule has 100 heavy (non-hydrogen) atoms. The molecule has 2 unspecified atom stereocenters. The maximum Gasteiger partial charge on any atom is 0.472 e. The number of hydrogen-bond donors (Lipinski definition) is 3. The van der Waals surface area contributed by atoms with E-state index < -0.39 is 97.5 Å². The first-order valence-corrected chi connectivity index (χ1v) is 45.1. The summed E-state index contributed by atoms with van der Waals surface area (Å²) in [5.74, 6) is -1.43. The smallest absolute Gasteiger partial charge is 0.462 e. The van der Waals surface area contributed by atoms with E-state index >= 15 is 0 Å². The second-order valence-electron chi connectivity index (χ2n) is 29.6. The number of rotatable bonds is 81. The molecule has 594 valence electrons. The van der Waals surface area contributed by atoms with Gasteiger partial charge in [-0.1, -0.05) is 381 Å². The standard InChI is InChI=1S/C81H158O17P2/c1-6-9-12-15-18-21-24-27-29-31-33-35-37-39-41-44-47-50-57-62-67-81(86)97-76(70-91-78(83)64-59-54-48-45-43-40-38-36-34-32-30-28-25-22-19-16-13-10-7-2)72-95-99(87,88)93-68-75(82)69-94-100(89,90)96-73-77(71-92-79(84)65-60-55-52-51-53-58-63-74(4)5)98-80(85)66-61-56-49-46-42-26-23-20-17-14-11-8-3/h74-77,82H,6-73H2,1-5H3,(H,87,88)(H,89,90)/t75-,76-,77-/m1/s1. The third-order valence-electron chi connectivity index (χ3n) is 19.0. The predicted octanol–water partition coefficient (Wildman–Crippen LogP) is 24.4. The highest BCUT2D eigenvalue weighted by atomic mass is 31.2. The van der Waals surface area contributed by atoms with E-state index in [1.165, 1.54) is 250 Å². The molecule has 0 aromatic heterocycles.